The predicted octanol–water partition coefficient (Wildman–Crippen LogP) is 6.74. The van der Waals surface area contributed by atoms with Gasteiger partial charge in [-0.1, -0.05) is 109 Å². The number of phosphoric ester groups is 1. The van der Waals surface area contributed by atoms with Crippen LogP contribution in [-0.2, 0) is 34.4 Å². The van der Waals surface area contributed by atoms with E-state index in [4.69, 9.17) is 29.0 Å². The van der Waals surface area contributed by atoms with Crippen molar-refractivity contribution < 1.29 is 42.9 Å². The van der Waals surface area contributed by atoms with E-state index in [1.54, 1.807) is 30.3 Å². The highest BCUT2D eigenvalue weighted by Crippen LogP contribution is 2.45. The second-order valence-corrected chi connectivity index (χ2v) is 15.7. The molecule has 0 amide bonds. The van der Waals surface area contributed by atoms with E-state index in [2.05, 4.69) is 22.0 Å². The maximum absolute atomic E-state index is 12.9. The van der Waals surface area contributed by atoms with Gasteiger partial charge in [0.05, 0.1) is 37.8 Å². The number of rotatable bonds is 29. The summed E-state index contributed by atoms with van der Waals surface area (Å²) in [5, 5.41) is 34.7. The van der Waals surface area contributed by atoms with Gasteiger partial charge in [0.15, 0.2) is 5.82 Å². The van der Waals surface area contributed by atoms with E-state index in [9.17, 15) is 24.9 Å². The first-order valence-corrected chi connectivity index (χ1v) is 21.5. The molecule has 1 saturated heterocycles. The first kappa shape index (κ1) is 44.7. The van der Waals surface area contributed by atoms with E-state index in [0.29, 0.717) is 23.5 Å². The molecule has 0 radical (unpaired) electrons. The number of ether oxygens (including phenoxy) is 3. The Morgan fingerprint density at radius 2 is 1.56 bits per heavy atom. The van der Waals surface area contributed by atoms with Crippen LogP contribution in [0.15, 0.2) is 36.7 Å². The van der Waals surface area contributed by atoms with Crippen molar-refractivity contribution >= 4 is 19.2 Å². The number of nitrogen functional groups attached to an aromatic ring is 1. The lowest BCUT2D eigenvalue weighted by atomic mass is 10.0. The normalized spacial score (nSPS) is 20.1. The number of nitrogens with two attached hydrogens (primary N) is 1. The van der Waals surface area contributed by atoms with Gasteiger partial charge in [0.25, 0.3) is 0 Å². The molecule has 15 nitrogen and oxygen atoms in total. The van der Waals surface area contributed by atoms with Crippen LogP contribution in [0, 0.1) is 11.3 Å². The Balaban J connectivity index is 1.14. The maximum Gasteiger partial charge on any atom is 0.472 e. The fraction of sp³-hybridized carbons (Fsp3) is 0.692. The summed E-state index contributed by atoms with van der Waals surface area (Å²) in [6, 6.07) is 10.3. The highest BCUT2D eigenvalue weighted by atomic mass is 31.2. The Hall–Kier alpha value is -3.03. The first-order chi connectivity index (χ1) is 26.7. The third-order valence-corrected chi connectivity index (χ3v) is 10.8. The zero-order valence-corrected chi connectivity index (χ0v) is 33.1. The van der Waals surface area contributed by atoms with Gasteiger partial charge in [-0.2, -0.15) is 10.4 Å². The number of aromatic nitrogens is 4. The van der Waals surface area contributed by atoms with Crippen LogP contribution in [0.1, 0.15) is 133 Å². The van der Waals surface area contributed by atoms with Crippen LogP contribution in [0.2, 0.25) is 0 Å². The molecule has 0 saturated carbocycles. The third kappa shape index (κ3) is 15.4. The van der Waals surface area contributed by atoms with E-state index < -0.39 is 44.9 Å². The third-order valence-electron chi connectivity index (χ3n) is 9.82. The number of hydrogen-bond donors (Lipinski definition) is 4. The Bertz CT molecular complexity index is 1620. The van der Waals surface area contributed by atoms with Gasteiger partial charge in [-0.25, -0.2) is 19.0 Å². The fourth-order valence-electron chi connectivity index (χ4n) is 6.64. The van der Waals surface area contributed by atoms with Crippen molar-refractivity contribution in [2.75, 3.05) is 32.2 Å². The second kappa shape index (κ2) is 24.6. The SMILES string of the molecule is CCCCCCCCCCCCCCCCCCOC[C@H](COP(=O)(O)OC[C@H]1O[C@@H](c2ccc3c(N)ncnn23)[C@H](O)[C@@H]1O)OCc1cccc(C#N)n1. The van der Waals surface area contributed by atoms with Crippen molar-refractivity contribution in [3.63, 3.8) is 0 Å². The van der Waals surface area contributed by atoms with Crippen LogP contribution >= 0.6 is 7.82 Å². The van der Waals surface area contributed by atoms with Crippen molar-refractivity contribution in [1.29, 1.82) is 5.26 Å². The molecule has 0 aliphatic carbocycles. The summed E-state index contributed by atoms with van der Waals surface area (Å²) in [7, 11) is -4.67. The number of hydrogen-bond acceptors (Lipinski definition) is 13. The van der Waals surface area contributed by atoms with E-state index in [-0.39, 0.29) is 31.3 Å². The molecule has 0 aromatic carbocycles. The van der Waals surface area contributed by atoms with E-state index in [1.165, 1.54) is 94.3 Å². The fourth-order valence-corrected chi connectivity index (χ4v) is 7.40. The minimum absolute atomic E-state index is 0.0227. The molecule has 1 aliphatic heterocycles. The highest BCUT2D eigenvalue weighted by Gasteiger charge is 2.45. The van der Waals surface area contributed by atoms with Gasteiger partial charge in [0.1, 0.15) is 54.1 Å². The Labute approximate surface area is 325 Å². The van der Waals surface area contributed by atoms with Gasteiger partial charge in [-0.3, -0.25) is 9.05 Å². The van der Waals surface area contributed by atoms with Crippen molar-refractivity contribution in [3.05, 3.63) is 53.7 Å². The lowest BCUT2D eigenvalue weighted by Crippen LogP contribution is -2.33. The molecular weight excluding hydrogens is 727 g/mol. The summed E-state index contributed by atoms with van der Waals surface area (Å²) >= 11 is 0. The van der Waals surface area contributed by atoms with Crippen molar-refractivity contribution in [3.8, 4) is 6.07 Å². The summed E-state index contributed by atoms with van der Waals surface area (Å²) in [4.78, 5) is 18.7. The molecule has 306 valence electrons. The van der Waals surface area contributed by atoms with E-state index in [0.717, 1.165) is 19.3 Å². The van der Waals surface area contributed by atoms with Gasteiger partial charge in [-0.15, -0.1) is 0 Å². The number of unbranched alkanes of at least 4 members (excludes halogenated alkanes) is 15. The minimum atomic E-state index is -4.67. The first-order valence-electron chi connectivity index (χ1n) is 20.0. The summed E-state index contributed by atoms with van der Waals surface area (Å²) < 4.78 is 42.5. The molecule has 3 aromatic heterocycles. The van der Waals surface area contributed by atoms with E-state index in [1.807, 2.05) is 6.07 Å². The molecule has 3 aromatic rings. The number of nitrogens with zero attached hydrogens (tertiary/aromatic N) is 5. The van der Waals surface area contributed by atoms with Gasteiger partial charge < -0.3 is 35.1 Å². The molecule has 1 unspecified atom stereocenters. The van der Waals surface area contributed by atoms with Gasteiger partial charge in [-0.05, 0) is 30.7 Å². The average Bonchev–Trinajstić information content (AvgIpc) is 3.74. The summed E-state index contributed by atoms with van der Waals surface area (Å²) in [6.45, 7) is 1.99. The molecule has 5 N–H and O–H groups in total. The zero-order chi connectivity index (χ0) is 39.3. The molecule has 4 rings (SSSR count). The monoisotopic (exact) mass is 788 g/mol. The second-order valence-electron chi connectivity index (χ2n) is 14.3. The molecule has 1 aliphatic rings. The molecule has 4 heterocycles. The standard InChI is InChI=1S/C39H61N6O9P/c1-2-3-4-5-6-7-8-9-10-11-12-13-14-15-16-17-23-50-26-32(51-25-31-20-18-19-30(24-40)44-31)27-52-55(48,49)53-28-35-36(46)37(47)38(54-35)33-21-22-34-39(41)42-29-43-45(33)34/h18-22,29,32,35-38,46-47H,2-17,23,25-28H2,1H3,(H,48,49)(H2,41,42,43)/t32-,35-,36-,37-,38+/m1/s1. The zero-order valence-electron chi connectivity index (χ0n) is 32.3. The molecular formula is C39H61N6O9P. The summed E-state index contributed by atoms with van der Waals surface area (Å²) in [6.07, 6.45) is 16.0. The molecule has 0 spiro atoms. The minimum Gasteiger partial charge on any atom is -0.387 e. The van der Waals surface area contributed by atoms with Crippen LogP contribution in [0.25, 0.3) is 5.52 Å². The molecule has 1 fully saturated rings. The number of aliphatic hydroxyl groups is 2. The van der Waals surface area contributed by atoms with Gasteiger partial charge >= 0.3 is 7.82 Å². The number of anilines is 1. The highest BCUT2D eigenvalue weighted by molar-refractivity contribution is 7.47. The molecule has 55 heavy (non-hydrogen) atoms. The van der Waals surface area contributed by atoms with Crippen molar-refractivity contribution in [2.24, 2.45) is 0 Å². The number of aliphatic hydroxyl groups excluding tert-OH is 2. The van der Waals surface area contributed by atoms with E-state index >= 15 is 0 Å². The van der Waals surface area contributed by atoms with Crippen LogP contribution in [-0.4, -0.2) is 85.5 Å². The number of pyridine rings is 1. The maximum atomic E-state index is 12.9. The quantitative estimate of drug-likeness (QED) is 0.0424. The van der Waals surface area contributed by atoms with Gasteiger partial charge in [0, 0.05) is 6.61 Å². The number of phosphoric acid groups is 1. The van der Waals surface area contributed by atoms with Crippen LogP contribution in [0.3, 0.4) is 0 Å². The largest absolute Gasteiger partial charge is 0.472 e. The summed E-state index contributed by atoms with van der Waals surface area (Å²) in [5.74, 6) is 0.229. The smallest absolute Gasteiger partial charge is 0.387 e. The Morgan fingerprint density at radius 3 is 2.22 bits per heavy atom. The van der Waals surface area contributed by atoms with Crippen molar-refractivity contribution in [1.82, 2.24) is 19.6 Å². The van der Waals surface area contributed by atoms with Crippen LogP contribution in [0.4, 0.5) is 5.82 Å². The Morgan fingerprint density at radius 1 is 0.909 bits per heavy atom. The molecule has 16 heteroatoms. The summed E-state index contributed by atoms with van der Waals surface area (Å²) in [5.41, 5.74) is 7.57. The number of nitriles is 1. The number of fused-ring (bicyclic) bond motifs is 1. The van der Waals surface area contributed by atoms with Crippen LogP contribution in [0.5, 0.6) is 0 Å². The predicted molar refractivity (Wildman–Crippen MR) is 207 cm³/mol. The molecule has 6 atom stereocenters. The average molecular weight is 789 g/mol. The topological polar surface area (TPSA) is 217 Å². The van der Waals surface area contributed by atoms with Crippen molar-refractivity contribution in [2.45, 2.75) is 147 Å². The van der Waals surface area contributed by atoms with Gasteiger partial charge in [0.2, 0.25) is 0 Å². The lowest BCUT2D eigenvalue weighted by Gasteiger charge is -2.21. The molecule has 0 bridgehead atoms. The Kier molecular flexibility index (Phi) is 20.0. The van der Waals surface area contributed by atoms with Crippen LogP contribution < -0.4 is 5.73 Å². The lowest BCUT2D eigenvalue weighted by molar-refractivity contribution is -0.0562.